The van der Waals surface area contributed by atoms with Crippen molar-refractivity contribution >= 4 is 6.29 Å². The van der Waals surface area contributed by atoms with Gasteiger partial charge in [-0.25, -0.2) is 4.39 Å². The number of hydrogen-bond donors (Lipinski definition) is 0. The molecule has 0 aliphatic rings. The van der Waals surface area contributed by atoms with E-state index in [9.17, 15) is 9.18 Å². The molecule has 1 nitrogen and oxygen atoms in total. The van der Waals surface area contributed by atoms with Crippen molar-refractivity contribution in [1.82, 2.24) is 0 Å². The lowest BCUT2D eigenvalue weighted by Gasteiger charge is -2.03. The number of benzene rings is 1. The van der Waals surface area contributed by atoms with Gasteiger partial charge in [-0.3, -0.25) is 4.79 Å². The van der Waals surface area contributed by atoms with Crippen molar-refractivity contribution in [1.29, 1.82) is 0 Å². The normalized spacial score (nSPS) is 11.8. The Labute approximate surface area is 101 Å². The van der Waals surface area contributed by atoms with Gasteiger partial charge >= 0.3 is 0 Å². The zero-order chi connectivity index (χ0) is 12.7. The lowest BCUT2D eigenvalue weighted by molar-refractivity contribution is 0.112. The van der Waals surface area contributed by atoms with Crippen LogP contribution >= 0.6 is 0 Å². The van der Waals surface area contributed by atoms with Crippen LogP contribution in [0.3, 0.4) is 0 Å². The molecule has 0 saturated heterocycles. The van der Waals surface area contributed by atoms with Crippen LogP contribution in [0.2, 0.25) is 0 Å². The van der Waals surface area contributed by atoms with Gasteiger partial charge in [0.15, 0.2) is 6.29 Å². The average molecular weight is 230 g/mol. The summed E-state index contributed by atoms with van der Waals surface area (Å²) in [6.07, 6.45) is 8.58. The van der Waals surface area contributed by atoms with E-state index in [1.54, 1.807) is 12.1 Å². The van der Waals surface area contributed by atoms with E-state index in [-0.39, 0.29) is 5.56 Å². The second-order valence-electron chi connectivity index (χ2n) is 3.61. The zero-order valence-corrected chi connectivity index (χ0v) is 9.82. The Morgan fingerprint density at radius 2 is 2.24 bits per heavy atom. The molecule has 1 rings (SSSR count). The Morgan fingerprint density at radius 3 is 2.76 bits per heavy atom. The highest BCUT2D eigenvalue weighted by Gasteiger charge is 2.03. The topological polar surface area (TPSA) is 17.1 Å². The molecule has 0 aliphatic heterocycles. The fourth-order valence-electron chi connectivity index (χ4n) is 1.46. The molecule has 0 bridgehead atoms. The molecule has 1 aromatic rings. The first-order valence-electron chi connectivity index (χ1n) is 5.39. The summed E-state index contributed by atoms with van der Waals surface area (Å²) in [5.74, 6) is -0.472. The van der Waals surface area contributed by atoms with Crippen molar-refractivity contribution in [2.45, 2.75) is 13.3 Å². The summed E-state index contributed by atoms with van der Waals surface area (Å²) < 4.78 is 13.4. The van der Waals surface area contributed by atoms with Crippen LogP contribution in [0.1, 0.15) is 22.8 Å². The fourth-order valence-corrected chi connectivity index (χ4v) is 1.46. The summed E-state index contributed by atoms with van der Waals surface area (Å²) >= 11 is 0. The van der Waals surface area contributed by atoms with Gasteiger partial charge in [0, 0.05) is 0 Å². The number of rotatable bonds is 5. The standard InChI is InChI=1S/C15H15FO/c1-3-5-6-12(4-2)9-13-7-8-14(11-17)15(16)10-13/h3-8,10-11H,1,9H2,2H3/b6-5-,12-4+. The summed E-state index contributed by atoms with van der Waals surface area (Å²) in [4.78, 5) is 10.5. The molecule has 0 heterocycles. The minimum atomic E-state index is -0.472. The maximum absolute atomic E-state index is 13.4. The highest BCUT2D eigenvalue weighted by atomic mass is 19.1. The van der Waals surface area contributed by atoms with E-state index in [1.165, 1.54) is 12.1 Å². The number of carbonyl (C=O) groups excluding carboxylic acids is 1. The van der Waals surface area contributed by atoms with Gasteiger partial charge in [0.25, 0.3) is 0 Å². The predicted octanol–water partition coefficient (Wildman–Crippen LogP) is 3.87. The van der Waals surface area contributed by atoms with Crippen LogP contribution in [0.15, 0.2) is 54.7 Å². The zero-order valence-electron chi connectivity index (χ0n) is 9.82. The number of allylic oxidation sites excluding steroid dienone is 5. The van der Waals surface area contributed by atoms with Crippen LogP contribution < -0.4 is 0 Å². The molecular formula is C15H15FO. The van der Waals surface area contributed by atoms with Gasteiger partial charge in [0.1, 0.15) is 5.82 Å². The molecule has 0 saturated carbocycles. The highest BCUT2D eigenvalue weighted by molar-refractivity contribution is 5.75. The SMILES string of the molecule is C=C/C=C\C(=C/C)Cc1ccc(C=O)c(F)c1. The molecule has 17 heavy (non-hydrogen) atoms. The summed E-state index contributed by atoms with van der Waals surface area (Å²) in [7, 11) is 0. The molecular weight excluding hydrogens is 215 g/mol. The second-order valence-corrected chi connectivity index (χ2v) is 3.61. The first-order chi connectivity index (χ1) is 8.21. The minimum absolute atomic E-state index is 0.0948. The third-order valence-corrected chi connectivity index (χ3v) is 2.42. The lowest BCUT2D eigenvalue weighted by atomic mass is 10.0. The fraction of sp³-hybridized carbons (Fsp3) is 0.133. The van der Waals surface area contributed by atoms with Gasteiger partial charge in [-0.1, -0.05) is 36.9 Å². The van der Waals surface area contributed by atoms with Crippen molar-refractivity contribution < 1.29 is 9.18 Å². The van der Waals surface area contributed by atoms with Gasteiger partial charge in [-0.05, 0) is 36.6 Å². The van der Waals surface area contributed by atoms with Gasteiger partial charge in [0.05, 0.1) is 5.56 Å². The van der Waals surface area contributed by atoms with Gasteiger partial charge < -0.3 is 0 Å². The minimum Gasteiger partial charge on any atom is -0.298 e. The van der Waals surface area contributed by atoms with E-state index in [0.717, 1.165) is 11.1 Å². The first-order valence-corrected chi connectivity index (χ1v) is 5.39. The Hall–Kier alpha value is -1.96. The van der Waals surface area contributed by atoms with Crippen molar-refractivity contribution in [3.63, 3.8) is 0 Å². The van der Waals surface area contributed by atoms with E-state index in [0.29, 0.717) is 12.7 Å². The molecule has 0 atom stereocenters. The monoisotopic (exact) mass is 230 g/mol. The van der Waals surface area contributed by atoms with Gasteiger partial charge in [-0.2, -0.15) is 0 Å². The first kappa shape index (κ1) is 13.1. The van der Waals surface area contributed by atoms with Crippen molar-refractivity contribution in [2.24, 2.45) is 0 Å². The molecule has 88 valence electrons. The van der Waals surface area contributed by atoms with Crippen LogP contribution in [0.5, 0.6) is 0 Å². The maximum Gasteiger partial charge on any atom is 0.152 e. The number of hydrogen-bond acceptors (Lipinski definition) is 1. The Balaban J connectivity index is 2.88. The summed E-state index contributed by atoms with van der Waals surface area (Å²) in [5.41, 5.74) is 2.01. The third kappa shape index (κ3) is 3.83. The van der Waals surface area contributed by atoms with Crippen LogP contribution in [0.25, 0.3) is 0 Å². The maximum atomic E-state index is 13.4. The third-order valence-electron chi connectivity index (χ3n) is 2.42. The van der Waals surface area contributed by atoms with Crippen molar-refractivity contribution in [3.05, 3.63) is 71.6 Å². The molecule has 0 aromatic heterocycles. The summed E-state index contributed by atoms with van der Waals surface area (Å²) in [6, 6.07) is 4.66. The molecule has 0 aliphatic carbocycles. The Morgan fingerprint density at radius 1 is 1.47 bits per heavy atom. The van der Waals surface area contributed by atoms with Gasteiger partial charge in [-0.15, -0.1) is 0 Å². The van der Waals surface area contributed by atoms with Crippen LogP contribution in [0.4, 0.5) is 4.39 Å². The largest absolute Gasteiger partial charge is 0.298 e. The molecule has 0 radical (unpaired) electrons. The van der Waals surface area contributed by atoms with E-state index in [4.69, 9.17) is 0 Å². The summed E-state index contributed by atoms with van der Waals surface area (Å²) in [5, 5.41) is 0. The number of halogens is 1. The molecule has 0 N–H and O–H groups in total. The quantitative estimate of drug-likeness (QED) is 0.554. The predicted molar refractivity (Wildman–Crippen MR) is 68.6 cm³/mol. The van der Waals surface area contributed by atoms with Crippen molar-refractivity contribution in [3.8, 4) is 0 Å². The van der Waals surface area contributed by atoms with Crippen LogP contribution in [-0.4, -0.2) is 6.29 Å². The molecule has 0 fully saturated rings. The number of aldehydes is 1. The smallest absolute Gasteiger partial charge is 0.152 e. The summed E-state index contributed by atoms with van der Waals surface area (Å²) in [6.45, 7) is 5.53. The molecule has 0 unspecified atom stereocenters. The Bertz CT molecular complexity index is 470. The average Bonchev–Trinajstić information content (AvgIpc) is 2.34. The van der Waals surface area contributed by atoms with E-state index >= 15 is 0 Å². The van der Waals surface area contributed by atoms with E-state index in [1.807, 2.05) is 25.2 Å². The van der Waals surface area contributed by atoms with Crippen LogP contribution in [0, 0.1) is 5.82 Å². The van der Waals surface area contributed by atoms with Crippen LogP contribution in [-0.2, 0) is 6.42 Å². The molecule has 1 aromatic carbocycles. The second kappa shape index (κ2) is 6.59. The Kier molecular flexibility index (Phi) is 5.08. The molecule has 2 heteroatoms. The lowest BCUT2D eigenvalue weighted by Crippen LogP contribution is -1.93. The van der Waals surface area contributed by atoms with E-state index < -0.39 is 5.82 Å². The van der Waals surface area contributed by atoms with Gasteiger partial charge in [0.2, 0.25) is 0 Å². The van der Waals surface area contributed by atoms with E-state index in [2.05, 4.69) is 6.58 Å². The molecule has 0 amide bonds. The molecule has 0 spiro atoms. The highest BCUT2D eigenvalue weighted by Crippen LogP contribution is 2.13. The number of carbonyl (C=O) groups is 1. The van der Waals surface area contributed by atoms with Crippen molar-refractivity contribution in [2.75, 3.05) is 0 Å².